The average molecular weight is 447 g/mol. The van der Waals surface area contributed by atoms with Crippen molar-refractivity contribution in [3.05, 3.63) is 59.7 Å². The lowest BCUT2D eigenvalue weighted by Crippen LogP contribution is -2.38. The van der Waals surface area contributed by atoms with Crippen LogP contribution in [-0.4, -0.2) is 49.9 Å². The highest BCUT2D eigenvalue weighted by molar-refractivity contribution is 7.89. The molecule has 2 aromatic carbocycles. The Morgan fingerprint density at radius 3 is 2.10 bits per heavy atom. The van der Waals surface area contributed by atoms with Crippen molar-refractivity contribution < 1.29 is 13.2 Å². The fourth-order valence-electron chi connectivity index (χ4n) is 3.66. The number of aryl methyl sites for hydroxylation is 1. The van der Waals surface area contributed by atoms with Gasteiger partial charge >= 0.3 is 0 Å². The number of hydrogen-bond acceptors (Lipinski definition) is 4. The van der Waals surface area contributed by atoms with Gasteiger partial charge in [-0.05, 0) is 83.1 Å². The molecule has 6 heteroatoms. The number of rotatable bonds is 13. The van der Waals surface area contributed by atoms with E-state index in [0.717, 1.165) is 49.4 Å². The maximum absolute atomic E-state index is 13.6. The summed E-state index contributed by atoms with van der Waals surface area (Å²) in [7, 11) is -3.61. The highest BCUT2D eigenvalue weighted by atomic mass is 32.2. The summed E-state index contributed by atoms with van der Waals surface area (Å²) in [6.45, 7) is 14.2. The standard InChI is InChI=1S/C25H38N2O3S/c1-6-26(7-2)19-9-10-22(5)27(20-23-13-15-24(16-14-23)30-8-3)31(28,29)25-17-11-21(4)12-18-25/h11-18,22H,6-10,19-20H2,1-5H3. The van der Waals surface area contributed by atoms with Crippen LogP contribution in [0.1, 0.15) is 51.7 Å². The Morgan fingerprint density at radius 2 is 1.55 bits per heavy atom. The predicted molar refractivity (Wildman–Crippen MR) is 128 cm³/mol. The largest absolute Gasteiger partial charge is 0.494 e. The minimum absolute atomic E-state index is 0.103. The third kappa shape index (κ3) is 7.34. The van der Waals surface area contributed by atoms with E-state index in [9.17, 15) is 8.42 Å². The van der Waals surface area contributed by atoms with Crippen LogP contribution in [0.5, 0.6) is 5.75 Å². The van der Waals surface area contributed by atoms with Crippen LogP contribution in [0.2, 0.25) is 0 Å². The zero-order valence-electron chi connectivity index (χ0n) is 19.7. The summed E-state index contributed by atoms with van der Waals surface area (Å²) >= 11 is 0. The molecule has 0 aliphatic heterocycles. The predicted octanol–water partition coefficient (Wildman–Crippen LogP) is 5.10. The lowest BCUT2D eigenvalue weighted by atomic mass is 10.1. The topological polar surface area (TPSA) is 49.9 Å². The van der Waals surface area contributed by atoms with Gasteiger partial charge in [-0.15, -0.1) is 0 Å². The summed E-state index contributed by atoms with van der Waals surface area (Å²) < 4.78 is 34.3. The van der Waals surface area contributed by atoms with Gasteiger partial charge in [0, 0.05) is 12.6 Å². The highest BCUT2D eigenvalue weighted by Crippen LogP contribution is 2.24. The number of hydrogen-bond donors (Lipinski definition) is 0. The van der Waals surface area contributed by atoms with Gasteiger partial charge in [-0.25, -0.2) is 8.42 Å². The Morgan fingerprint density at radius 1 is 0.935 bits per heavy atom. The Bertz CT molecular complexity index is 876. The second kappa shape index (κ2) is 12.2. The van der Waals surface area contributed by atoms with Crippen molar-refractivity contribution in [2.24, 2.45) is 0 Å². The normalized spacial score (nSPS) is 13.0. The van der Waals surface area contributed by atoms with Crippen molar-refractivity contribution >= 4 is 10.0 Å². The van der Waals surface area contributed by atoms with Gasteiger partial charge in [0.2, 0.25) is 10.0 Å². The van der Waals surface area contributed by atoms with Gasteiger partial charge in [-0.3, -0.25) is 0 Å². The van der Waals surface area contributed by atoms with E-state index in [1.54, 1.807) is 16.4 Å². The molecule has 0 heterocycles. The highest BCUT2D eigenvalue weighted by Gasteiger charge is 2.29. The molecule has 0 aliphatic carbocycles. The Kier molecular flexibility index (Phi) is 10.0. The third-order valence-corrected chi connectivity index (χ3v) is 7.66. The molecular weight excluding hydrogens is 408 g/mol. The molecule has 0 saturated heterocycles. The maximum atomic E-state index is 13.6. The molecule has 0 aliphatic rings. The minimum Gasteiger partial charge on any atom is -0.494 e. The van der Waals surface area contributed by atoms with Gasteiger partial charge in [-0.2, -0.15) is 4.31 Å². The molecular formula is C25H38N2O3S. The van der Waals surface area contributed by atoms with Crippen LogP contribution < -0.4 is 4.74 Å². The van der Waals surface area contributed by atoms with Crippen molar-refractivity contribution in [1.29, 1.82) is 0 Å². The van der Waals surface area contributed by atoms with Gasteiger partial charge in [0.05, 0.1) is 11.5 Å². The van der Waals surface area contributed by atoms with E-state index in [1.165, 1.54) is 0 Å². The SMILES string of the molecule is CCOc1ccc(CN(C(C)CCCN(CC)CC)S(=O)(=O)c2ccc(C)cc2)cc1. The molecule has 0 N–H and O–H groups in total. The van der Waals surface area contributed by atoms with Crippen molar-refractivity contribution in [3.8, 4) is 5.75 Å². The first-order chi connectivity index (χ1) is 14.8. The van der Waals surface area contributed by atoms with Crippen molar-refractivity contribution in [3.63, 3.8) is 0 Å². The van der Waals surface area contributed by atoms with Crippen LogP contribution >= 0.6 is 0 Å². The van der Waals surface area contributed by atoms with Gasteiger partial charge in [0.1, 0.15) is 5.75 Å². The Hall–Kier alpha value is -1.89. The second-order valence-electron chi connectivity index (χ2n) is 7.96. The smallest absolute Gasteiger partial charge is 0.243 e. The summed E-state index contributed by atoms with van der Waals surface area (Å²) in [5.74, 6) is 0.798. The molecule has 1 unspecified atom stereocenters. The molecule has 0 fully saturated rings. The number of sulfonamides is 1. The van der Waals surface area contributed by atoms with E-state index >= 15 is 0 Å². The summed E-state index contributed by atoms with van der Waals surface area (Å²) in [6.07, 6.45) is 1.78. The van der Waals surface area contributed by atoms with Crippen LogP contribution in [0.25, 0.3) is 0 Å². The van der Waals surface area contributed by atoms with Crippen molar-refractivity contribution in [2.45, 2.75) is 64.9 Å². The molecule has 0 radical (unpaired) electrons. The van der Waals surface area contributed by atoms with Crippen molar-refractivity contribution in [1.82, 2.24) is 9.21 Å². The lowest BCUT2D eigenvalue weighted by molar-refractivity contribution is 0.265. The van der Waals surface area contributed by atoms with Gasteiger partial charge < -0.3 is 9.64 Å². The lowest BCUT2D eigenvalue weighted by Gasteiger charge is -2.29. The fourth-order valence-corrected chi connectivity index (χ4v) is 5.30. The molecule has 0 saturated carbocycles. The van der Waals surface area contributed by atoms with E-state index in [-0.39, 0.29) is 6.04 Å². The molecule has 0 spiro atoms. The van der Waals surface area contributed by atoms with E-state index in [0.29, 0.717) is 18.0 Å². The first kappa shape index (κ1) is 25.4. The summed E-state index contributed by atoms with van der Waals surface area (Å²) in [5, 5.41) is 0. The molecule has 2 rings (SSSR count). The summed E-state index contributed by atoms with van der Waals surface area (Å²) in [5.41, 5.74) is 2.00. The van der Waals surface area contributed by atoms with E-state index in [2.05, 4.69) is 18.7 Å². The van der Waals surface area contributed by atoms with Crippen LogP contribution in [0.4, 0.5) is 0 Å². The first-order valence-corrected chi connectivity index (χ1v) is 12.8. The number of ether oxygens (including phenoxy) is 1. The molecule has 172 valence electrons. The van der Waals surface area contributed by atoms with Crippen LogP contribution in [0.15, 0.2) is 53.4 Å². The monoisotopic (exact) mass is 446 g/mol. The third-order valence-electron chi connectivity index (χ3n) is 5.68. The second-order valence-corrected chi connectivity index (χ2v) is 9.85. The quantitative estimate of drug-likeness (QED) is 0.430. The first-order valence-electron chi connectivity index (χ1n) is 11.3. The average Bonchev–Trinajstić information content (AvgIpc) is 2.76. The van der Waals surface area contributed by atoms with E-state index in [4.69, 9.17) is 4.74 Å². The minimum atomic E-state index is -3.61. The maximum Gasteiger partial charge on any atom is 0.243 e. The molecule has 0 amide bonds. The molecule has 2 aromatic rings. The van der Waals surface area contributed by atoms with E-state index in [1.807, 2.05) is 57.2 Å². The molecule has 1 atom stereocenters. The zero-order valence-corrected chi connectivity index (χ0v) is 20.5. The van der Waals surface area contributed by atoms with Gasteiger partial charge in [0.25, 0.3) is 0 Å². The Balaban J connectivity index is 2.24. The van der Waals surface area contributed by atoms with Crippen molar-refractivity contribution in [2.75, 3.05) is 26.2 Å². The summed E-state index contributed by atoms with van der Waals surface area (Å²) in [6, 6.07) is 14.7. The zero-order chi connectivity index (χ0) is 22.9. The fraction of sp³-hybridized carbons (Fsp3) is 0.520. The molecule has 0 bridgehead atoms. The van der Waals surface area contributed by atoms with Gasteiger partial charge in [0.15, 0.2) is 0 Å². The molecule has 31 heavy (non-hydrogen) atoms. The number of benzene rings is 2. The summed E-state index contributed by atoms with van der Waals surface area (Å²) in [4.78, 5) is 2.72. The van der Waals surface area contributed by atoms with Crippen LogP contribution in [0.3, 0.4) is 0 Å². The molecule has 0 aromatic heterocycles. The van der Waals surface area contributed by atoms with Gasteiger partial charge in [-0.1, -0.05) is 43.7 Å². The van der Waals surface area contributed by atoms with Crippen LogP contribution in [-0.2, 0) is 16.6 Å². The Labute approximate surface area is 189 Å². The van der Waals surface area contributed by atoms with Crippen LogP contribution in [0, 0.1) is 6.92 Å². The molecule has 5 nitrogen and oxygen atoms in total. The van der Waals surface area contributed by atoms with E-state index < -0.39 is 10.0 Å². The number of nitrogens with zero attached hydrogens (tertiary/aromatic N) is 2.